The summed E-state index contributed by atoms with van der Waals surface area (Å²) in [6, 6.07) is 3.00. The number of halogens is 4. The maximum absolute atomic E-state index is 13.2. The van der Waals surface area contributed by atoms with Crippen molar-refractivity contribution in [2.45, 2.75) is 24.5 Å². The van der Waals surface area contributed by atoms with Crippen molar-refractivity contribution in [2.75, 3.05) is 0 Å². The highest BCUT2D eigenvalue weighted by molar-refractivity contribution is 7.89. The van der Waals surface area contributed by atoms with Gasteiger partial charge in [-0.15, -0.1) is 0 Å². The average Bonchev–Trinajstić information content (AvgIpc) is 2.44. The van der Waals surface area contributed by atoms with Crippen LogP contribution in [0.3, 0.4) is 0 Å². The summed E-state index contributed by atoms with van der Waals surface area (Å²) in [6.45, 7) is 1.44. The monoisotopic (exact) mass is 349 g/mol. The van der Waals surface area contributed by atoms with Crippen LogP contribution in [0.15, 0.2) is 35.5 Å². The number of aryl methyl sites for hydroxylation is 1. The van der Waals surface area contributed by atoms with Gasteiger partial charge in [-0.1, -0.05) is 0 Å². The molecule has 10 heteroatoms. The van der Waals surface area contributed by atoms with Gasteiger partial charge in [-0.05, 0) is 31.2 Å². The largest absolute Gasteiger partial charge is 0.419 e. The van der Waals surface area contributed by atoms with Gasteiger partial charge in [0.15, 0.2) is 0 Å². The van der Waals surface area contributed by atoms with Crippen LogP contribution < -0.4 is 4.72 Å². The lowest BCUT2D eigenvalue weighted by molar-refractivity contribution is -0.140. The minimum atomic E-state index is -4.99. The number of aromatic nitrogens is 2. The molecule has 0 aliphatic carbocycles. The summed E-state index contributed by atoms with van der Waals surface area (Å²) in [6.07, 6.45) is -3.75. The Bertz CT molecular complexity index is 822. The molecule has 0 saturated carbocycles. The lowest BCUT2D eigenvalue weighted by Crippen LogP contribution is -2.24. The Hall–Kier alpha value is -2.07. The lowest BCUT2D eigenvalue weighted by atomic mass is 10.2. The predicted molar refractivity (Wildman–Crippen MR) is 72.2 cm³/mol. The summed E-state index contributed by atoms with van der Waals surface area (Å²) in [5.41, 5.74) is -0.687. The second-order valence-corrected chi connectivity index (χ2v) is 6.38. The average molecular weight is 349 g/mol. The molecule has 0 unspecified atom stereocenters. The third-order valence-corrected chi connectivity index (χ3v) is 4.26. The molecule has 0 radical (unpaired) electrons. The minimum Gasteiger partial charge on any atom is -0.242 e. The van der Waals surface area contributed by atoms with E-state index in [4.69, 9.17) is 0 Å². The molecule has 124 valence electrons. The standard InChI is InChI=1S/C13H11F4N3O2S/c1-8-4-9(19-7-18-8)6-20-23(21,22)10-2-3-12(14)11(5-10)13(15,16)17/h2-5,7,20H,6H2,1H3. The highest BCUT2D eigenvalue weighted by atomic mass is 32.2. The van der Waals surface area contributed by atoms with Crippen LogP contribution in [0.4, 0.5) is 17.6 Å². The molecule has 0 saturated heterocycles. The molecule has 0 fully saturated rings. The normalized spacial score (nSPS) is 12.4. The van der Waals surface area contributed by atoms with Gasteiger partial charge in [0.1, 0.15) is 12.1 Å². The van der Waals surface area contributed by atoms with Crippen molar-refractivity contribution in [2.24, 2.45) is 0 Å². The zero-order valence-electron chi connectivity index (χ0n) is 11.7. The van der Waals surface area contributed by atoms with Crippen molar-refractivity contribution in [1.82, 2.24) is 14.7 Å². The third-order valence-electron chi connectivity index (χ3n) is 2.86. The van der Waals surface area contributed by atoms with Crippen LogP contribution in [-0.4, -0.2) is 18.4 Å². The van der Waals surface area contributed by atoms with E-state index in [2.05, 4.69) is 14.7 Å². The molecule has 1 aromatic heterocycles. The summed E-state index contributed by atoms with van der Waals surface area (Å²) in [5, 5.41) is 0. The number of sulfonamides is 1. The second kappa shape index (κ2) is 6.20. The fraction of sp³-hybridized carbons (Fsp3) is 0.231. The van der Waals surface area contributed by atoms with Crippen LogP contribution in [0, 0.1) is 12.7 Å². The van der Waals surface area contributed by atoms with E-state index < -0.39 is 32.5 Å². The van der Waals surface area contributed by atoms with Gasteiger partial charge in [-0.2, -0.15) is 13.2 Å². The van der Waals surface area contributed by atoms with Crippen molar-refractivity contribution in [3.05, 3.63) is 53.4 Å². The Morgan fingerprint density at radius 2 is 1.87 bits per heavy atom. The van der Waals surface area contributed by atoms with Gasteiger partial charge < -0.3 is 0 Å². The Labute approximate surface area is 129 Å². The highest BCUT2D eigenvalue weighted by Gasteiger charge is 2.35. The molecule has 2 aromatic rings. The van der Waals surface area contributed by atoms with E-state index in [1.165, 1.54) is 12.4 Å². The van der Waals surface area contributed by atoms with Gasteiger partial charge in [0.25, 0.3) is 0 Å². The molecule has 2 rings (SSSR count). The molecule has 5 nitrogen and oxygen atoms in total. The maximum atomic E-state index is 13.2. The number of benzene rings is 1. The summed E-state index contributed by atoms with van der Waals surface area (Å²) < 4.78 is 77.3. The number of alkyl halides is 3. The van der Waals surface area contributed by atoms with Crippen LogP contribution in [-0.2, 0) is 22.7 Å². The van der Waals surface area contributed by atoms with Crippen molar-refractivity contribution in [3.63, 3.8) is 0 Å². The van der Waals surface area contributed by atoms with Crippen LogP contribution in [0.1, 0.15) is 17.0 Å². The van der Waals surface area contributed by atoms with E-state index in [1.807, 2.05) is 0 Å². The molecule has 0 bridgehead atoms. The zero-order chi connectivity index (χ0) is 17.3. The first-order valence-electron chi connectivity index (χ1n) is 6.23. The van der Waals surface area contributed by atoms with Gasteiger partial charge in [-0.3, -0.25) is 0 Å². The van der Waals surface area contributed by atoms with E-state index in [-0.39, 0.29) is 12.6 Å². The second-order valence-electron chi connectivity index (χ2n) is 4.61. The fourth-order valence-electron chi connectivity index (χ4n) is 1.75. The topological polar surface area (TPSA) is 72.0 Å². The van der Waals surface area contributed by atoms with E-state index in [1.54, 1.807) is 6.92 Å². The molecule has 23 heavy (non-hydrogen) atoms. The van der Waals surface area contributed by atoms with Crippen molar-refractivity contribution < 1.29 is 26.0 Å². The molecule has 0 aliphatic heterocycles. The van der Waals surface area contributed by atoms with Crippen molar-refractivity contribution in [3.8, 4) is 0 Å². The van der Waals surface area contributed by atoms with Crippen LogP contribution >= 0.6 is 0 Å². The Balaban J connectivity index is 2.26. The van der Waals surface area contributed by atoms with E-state index in [9.17, 15) is 26.0 Å². The molecular formula is C13H11F4N3O2S. The van der Waals surface area contributed by atoms with Crippen LogP contribution in [0.2, 0.25) is 0 Å². The fourth-order valence-corrected chi connectivity index (χ4v) is 2.77. The number of rotatable bonds is 4. The van der Waals surface area contributed by atoms with Crippen molar-refractivity contribution >= 4 is 10.0 Å². The summed E-state index contributed by atoms with van der Waals surface area (Å²) >= 11 is 0. The molecule has 0 amide bonds. The predicted octanol–water partition coefficient (Wildman–Crippen LogP) is 2.42. The number of nitrogens with one attached hydrogen (secondary N) is 1. The molecule has 1 aromatic carbocycles. The molecule has 1 N–H and O–H groups in total. The number of nitrogens with zero attached hydrogens (tertiary/aromatic N) is 2. The van der Waals surface area contributed by atoms with E-state index in [0.29, 0.717) is 17.5 Å². The van der Waals surface area contributed by atoms with E-state index >= 15 is 0 Å². The Kier molecular flexibility index (Phi) is 4.66. The molecular weight excluding hydrogens is 338 g/mol. The first kappa shape index (κ1) is 17.3. The van der Waals surface area contributed by atoms with Crippen molar-refractivity contribution in [1.29, 1.82) is 0 Å². The highest BCUT2D eigenvalue weighted by Crippen LogP contribution is 2.32. The van der Waals surface area contributed by atoms with Gasteiger partial charge in [-0.25, -0.2) is 27.5 Å². The van der Waals surface area contributed by atoms with Crippen LogP contribution in [0.5, 0.6) is 0 Å². The summed E-state index contributed by atoms with van der Waals surface area (Å²) in [4.78, 5) is 6.98. The Morgan fingerprint density at radius 1 is 1.17 bits per heavy atom. The third kappa shape index (κ3) is 4.23. The molecule has 1 heterocycles. The van der Waals surface area contributed by atoms with Gasteiger partial charge in [0, 0.05) is 5.69 Å². The molecule has 0 aliphatic rings. The van der Waals surface area contributed by atoms with E-state index in [0.717, 1.165) is 6.07 Å². The van der Waals surface area contributed by atoms with Gasteiger partial charge in [0.05, 0.1) is 22.7 Å². The van der Waals surface area contributed by atoms with Gasteiger partial charge in [0.2, 0.25) is 10.0 Å². The lowest BCUT2D eigenvalue weighted by Gasteiger charge is -2.11. The first-order valence-corrected chi connectivity index (χ1v) is 7.72. The number of hydrogen-bond acceptors (Lipinski definition) is 4. The smallest absolute Gasteiger partial charge is 0.242 e. The van der Waals surface area contributed by atoms with Crippen LogP contribution in [0.25, 0.3) is 0 Å². The first-order chi connectivity index (χ1) is 10.6. The minimum absolute atomic E-state index is 0.232. The summed E-state index contributed by atoms with van der Waals surface area (Å²) in [7, 11) is -4.25. The molecule has 0 spiro atoms. The summed E-state index contributed by atoms with van der Waals surface area (Å²) in [5.74, 6) is -1.54. The zero-order valence-corrected chi connectivity index (χ0v) is 12.5. The number of hydrogen-bond donors (Lipinski definition) is 1. The Morgan fingerprint density at radius 3 is 2.48 bits per heavy atom. The molecule has 0 atom stereocenters. The SMILES string of the molecule is Cc1cc(CNS(=O)(=O)c2ccc(F)c(C(F)(F)F)c2)ncn1. The quantitative estimate of drug-likeness (QED) is 0.861. The maximum Gasteiger partial charge on any atom is 0.419 e. The van der Waals surface area contributed by atoms with Gasteiger partial charge >= 0.3 is 6.18 Å².